The zero-order valence-electron chi connectivity index (χ0n) is 17.1. The number of nitrogens with zero attached hydrogens (tertiary/aromatic N) is 2. The Kier molecular flexibility index (Phi) is 5.95. The average molecular weight is 434 g/mol. The van der Waals surface area contributed by atoms with Crippen molar-refractivity contribution in [2.24, 2.45) is 7.05 Å². The van der Waals surface area contributed by atoms with Crippen LogP contribution < -0.4 is 10.7 Å². The third kappa shape index (κ3) is 4.01. The third-order valence-electron chi connectivity index (χ3n) is 5.87. The lowest BCUT2D eigenvalue weighted by Crippen LogP contribution is -2.36. The molecule has 2 aromatic rings. The van der Waals surface area contributed by atoms with Crippen molar-refractivity contribution in [3.05, 3.63) is 40.2 Å². The number of aryl methyl sites for hydroxylation is 1. The van der Waals surface area contributed by atoms with Crippen molar-refractivity contribution in [1.82, 2.24) is 14.2 Å². The van der Waals surface area contributed by atoms with E-state index in [0.29, 0.717) is 31.8 Å². The van der Waals surface area contributed by atoms with Gasteiger partial charge >= 0.3 is 0 Å². The number of piperidine rings is 1. The SMILES string of the molecule is Cn1cc(C(=O)NC[C@@H]2CCCO2)c(=O)c2cc(S(=O)(=O)N3CCCCC3)ccc21. The molecule has 0 radical (unpaired) electrons. The number of nitrogens with one attached hydrogen (secondary N) is 1. The lowest BCUT2D eigenvalue weighted by molar-refractivity contribution is 0.0856. The quantitative estimate of drug-likeness (QED) is 0.773. The van der Waals surface area contributed by atoms with Crippen molar-refractivity contribution in [2.45, 2.75) is 43.1 Å². The third-order valence-corrected chi connectivity index (χ3v) is 7.77. The molecular weight excluding hydrogens is 406 g/mol. The molecule has 1 amide bonds. The van der Waals surface area contributed by atoms with Crippen LogP contribution in [0.5, 0.6) is 0 Å². The van der Waals surface area contributed by atoms with Gasteiger partial charge in [0.2, 0.25) is 15.5 Å². The molecule has 2 fully saturated rings. The molecule has 162 valence electrons. The van der Waals surface area contributed by atoms with Gasteiger partial charge in [0.25, 0.3) is 5.91 Å². The van der Waals surface area contributed by atoms with Crippen LogP contribution in [0, 0.1) is 0 Å². The van der Waals surface area contributed by atoms with Gasteiger partial charge in [0.15, 0.2) is 0 Å². The number of sulfonamides is 1. The normalized spacial score (nSPS) is 20.5. The Bertz CT molecular complexity index is 1110. The topological polar surface area (TPSA) is 97.7 Å². The molecule has 3 heterocycles. The van der Waals surface area contributed by atoms with Gasteiger partial charge < -0.3 is 14.6 Å². The molecule has 2 aliphatic heterocycles. The Morgan fingerprint density at radius 3 is 2.67 bits per heavy atom. The monoisotopic (exact) mass is 433 g/mol. The van der Waals surface area contributed by atoms with Crippen LogP contribution in [0.15, 0.2) is 34.1 Å². The highest BCUT2D eigenvalue weighted by molar-refractivity contribution is 7.89. The average Bonchev–Trinajstić information content (AvgIpc) is 3.28. The molecule has 9 heteroatoms. The summed E-state index contributed by atoms with van der Waals surface area (Å²) in [6.07, 6.45) is 6.01. The summed E-state index contributed by atoms with van der Waals surface area (Å²) in [5.41, 5.74) is 0.104. The number of amides is 1. The number of fused-ring (bicyclic) bond motifs is 1. The molecule has 2 saturated heterocycles. The maximum atomic E-state index is 13.1. The smallest absolute Gasteiger partial charge is 0.256 e. The van der Waals surface area contributed by atoms with E-state index in [0.717, 1.165) is 32.1 Å². The lowest BCUT2D eigenvalue weighted by atomic mass is 10.1. The second-order valence-corrected chi connectivity index (χ2v) is 9.91. The zero-order valence-corrected chi connectivity index (χ0v) is 17.9. The first-order chi connectivity index (χ1) is 14.4. The van der Waals surface area contributed by atoms with E-state index in [4.69, 9.17) is 4.74 Å². The number of hydrogen-bond acceptors (Lipinski definition) is 5. The van der Waals surface area contributed by atoms with Crippen LogP contribution in [0.25, 0.3) is 10.9 Å². The van der Waals surface area contributed by atoms with Crippen LogP contribution in [0.3, 0.4) is 0 Å². The van der Waals surface area contributed by atoms with Gasteiger partial charge in [-0.2, -0.15) is 4.31 Å². The van der Waals surface area contributed by atoms with Crippen molar-refractivity contribution in [1.29, 1.82) is 0 Å². The van der Waals surface area contributed by atoms with Gasteiger partial charge in [-0.1, -0.05) is 6.42 Å². The molecule has 30 heavy (non-hydrogen) atoms. The predicted molar refractivity (Wildman–Crippen MR) is 113 cm³/mol. The van der Waals surface area contributed by atoms with E-state index in [1.165, 1.54) is 22.6 Å². The van der Waals surface area contributed by atoms with E-state index in [9.17, 15) is 18.0 Å². The van der Waals surface area contributed by atoms with Crippen LogP contribution in [0.1, 0.15) is 42.5 Å². The van der Waals surface area contributed by atoms with Gasteiger partial charge in [-0.15, -0.1) is 0 Å². The van der Waals surface area contributed by atoms with E-state index < -0.39 is 21.4 Å². The highest BCUT2D eigenvalue weighted by Gasteiger charge is 2.27. The van der Waals surface area contributed by atoms with Gasteiger partial charge in [0, 0.05) is 44.9 Å². The van der Waals surface area contributed by atoms with E-state index in [1.54, 1.807) is 17.7 Å². The molecule has 0 spiro atoms. The maximum absolute atomic E-state index is 13.1. The second kappa shape index (κ2) is 8.49. The fourth-order valence-electron chi connectivity index (χ4n) is 4.16. The van der Waals surface area contributed by atoms with Crippen molar-refractivity contribution >= 4 is 26.8 Å². The molecule has 1 N–H and O–H groups in total. The standard InChI is InChI=1S/C21H27N3O5S/c1-23-14-18(21(26)22-13-15-6-5-11-29-15)20(25)17-12-16(7-8-19(17)23)30(27,28)24-9-3-2-4-10-24/h7-8,12,14-15H,2-6,9-11,13H2,1H3,(H,22,26)/t15-/m0/s1. The van der Waals surface area contributed by atoms with Crippen molar-refractivity contribution in [3.8, 4) is 0 Å². The Labute approximate surface area is 175 Å². The van der Waals surface area contributed by atoms with Gasteiger partial charge in [-0.25, -0.2) is 8.42 Å². The summed E-state index contributed by atoms with van der Waals surface area (Å²) in [6, 6.07) is 4.56. The molecule has 1 aromatic carbocycles. The zero-order chi connectivity index (χ0) is 21.3. The van der Waals surface area contributed by atoms with Crippen LogP contribution in [0.2, 0.25) is 0 Å². The fraction of sp³-hybridized carbons (Fsp3) is 0.524. The number of benzene rings is 1. The molecule has 0 bridgehead atoms. The minimum Gasteiger partial charge on any atom is -0.376 e. The number of hydrogen-bond donors (Lipinski definition) is 1. The van der Waals surface area contributed by atoms with Gasteiger partial charge in [-0.05, 0) is 43.9 Å². The van der Waals surface area contributed by atoms with Crippen molar-refractivity contribution < 1.29 is 17.9 Å². The summed E-state index contributed by atoms with van der Waals surface area (Å²) >= 11 is 0. The fourth-order valence-corrected chi connectivity index (χ4v) is 5.70. The second-order valence-electron chi connectivity index (χ2n) is 7.97. The first-order valence-electron chi connectivity index (χ1n) is 10.4. The summed E-state index contributed by atoms with van der Waals surface area (Å²) in [5.74, 6) is -0.475. The molecule has 4 rings (SSSR count). The minimum absolute atomic E-state index is 0.00415. The van der Waals surface area contributed by atoms with E-state index in [-0.39, 0.29) is 21.9 Å². The first kappa shape index (κ1) is 21.0. The number of rotatable bonds is 5. The molecule has 1 atom stereocenters. The number of ether oxygens (including phenoxy) is 1. The Hall–Kier alpha value is -2.23. The molecular formula is C21H27N3O5S. The van der Waals surface area contributed by atoms with E-state index in [1.807, 2.05) is 0 Å². The van der Waals surface area contributed by atoms with Gasteiger partial charge in [-0.3, -0.25) is 9.59 Å². The summed E-state index contributed by atoms with van der Waals surface area (Å²) in [6.45, 7) is 2.02. The van der Waals surface area contributed by atoms with Crippen LogP contribution >= 0.6 is 0 Å². The van der Waals surface area contributed by atoms with E-state index >= 15 is 0 Å². The van der Waals surface area contributed by atoms with Crippen LogP contribution in [-0.2, 0) is 21.8 Å². The molecule has 2 aliphatic rings. The van der Waals surface area contributed by atoms with Gasteiger partial charge in [0.1, 0.15) is 5.56 Å². The number of aromatic nitrogens is 1. The number of carbonyl (C=O) groups is 1. The summed E-state index contributed by atoms with van der Waals surface area (Å²) in [5, 5.41) is 2.99. The minimum atomic E-state index is -3.67. The molecule has 1 aromatic heterocycles. The van der Waals surface area contributed by atoms with Crippen LogP contribution in [-0.4, -0.2) is 55.5 Å². The highest BCUT2D eigenvalue weighted by Crippen LogP contribution is 2.23. The molecule has 0 unspecified atom stereocenters. The number of carbonyl (C=O) groups excluding carboxylic acids is 1. The lowest BCUT2D eigenvalue weighted by Gasteiger charge is -2.26. The van der Waals surface area contributed by atoms with Crippen molar-refractivity contribution in [2.75, 3.05) is 26.2 Å². The highest BCUT2D eigenvalue weighted by atomic mass is 32.2. The summed E-state index contributed by atoms with van der Waals surface area (Å²) in [7, 11) is -1.94. The molecule has 8 nitrogen and oxygen atoms in total. The summed E-state index contributed by atoms with van der Waals surface area (Å²) in [4.78, 5) is 25.8. The molecule has 0 saturated carbocycles. The number of pyridine rings is 1. The Morgan fingerprint density at radius 1 is 1.20 bits per heavy atom. The molecule has 0 aliphatic carbocycles. The maximum Gasteiger partial charge on any atom is 0.256 e. The predicted octanol–water partition coefficient (Wildman–Crippen LogP) is 1.62. The van der Waals surface area contributed by atoms with Crippen molar-refractivity contribution in [3.63, 3.8) is 0 Å². The van der Waals surface area contributed by atoms with Crippen LogP contribution in [0.4, 0.5) is 0 Å². The largest absolute Gasteiger partial charge is 0.376 e. The van der Waals surface area contributed by atoms with E-state index in [2.05, 4.69) is 5.32 Å². The first-order valence-corrected chi connectivity index (χ1v) is 11.9. The Morgan fingerprint density at radius 2 is 1.97 bits per heavy atom. The Balaban J connectivity index is 1.67. The van der Waals surface area contributed by atoms with Gasteiger partial charge in [0.05, 0.1) is 16.5 Å². The summed E-state index contributed by atoms with van der Waals surface area (Å²) < 4.78 is 34.7.